The van der Waals surface area contributed by atoms with Crippen LogP contribution in [-0.4, -0.2) is 47.1 Å². The maximum absolute atomic E-state index is 13.3. The van der Waals surface area contributed by atoms with Crippen LogP contribution in [0.3, 0.4) is 0 Å². The fourth-order valence-corrected chi connectivity index (χ4v) is 4.95. The van der Waals surface area contributed by atoms with E-state index in [0.717, 1.165) is 11.8 Å². The van der Waals surface area contributed by atoms with Crippen molar-refractivity contribution in [2.24, 2.45) is 0 Å². The van der Waals surface area contributed by atoms with E-state index in [1.165, 1.54) is 9.80 Å². The second kappa shape index (κ2) is 8.52. The first-order valence-corrected chi connectivity index (χ1v) is 10.8. The first kappa shape index (κ1) is 21.1. The molecule has 2 aliphatic rings. The van der Waals surface area contributed by atoms with Crippen LogP contribution in [-0.2, 0) is 14.4 Å². The maximum Gasteiger partial charge on any atom is 0.266 e. The van der Waals surface area contributed by atoms with Gasteiger partial charge in [0.2, 0.25) is 5.91 Å². The second-order valence-electron chi connectivity index (χ2n) is 6.81. The number of hydrogen-bond donors (Lipinski definition) is 1. The Bertz CT molecular complexity index is 1130. The van der Waals surface area contributed by atoms with Gasteiger partial charge in [0.1, 0.15) is 16.6 Å². The summed E-state index contributed by atoms with van der Waals surface area (Å²) >= 11 is 6.42. The number of hydrogen-bond acceptors (Lipinski definition) is 6. The number of carbonyl (C=O) groups excluding carboxylic acids is 3. The molecule has 3 amide bonds. The van der Waals surface area contributed by atoms with Crippen molar-refractivity contribution in [3.63, 3.8) is 0 Å². The van der Waals surface area contributed by atoms with Gasteiger partial charge in [0, 0.05) is 17.8 Å². The van der Waals surface area contributed by atoms with Crippen LogP contribution in [0.2, 0.25) is 0 Å². The highest BCUT2D eigenvalue weighted by atomic mass is 32.2. The van der Waals surface area contributed by atoms with E-state index in [1.54, 1.807) is 55.6 Å². The number of para-hydroxylation sites is 1. The van der Waals surface area contributed by atoms with Gasteiger partial charge in [-0.25, -0.2) is 0 Å². The van der Waals surface area contributed by atoms with Gasteiger partial charge in [-0.15, -0.1) is 0 Å². The number of nitrogens with one attached hydrogen (secondary N) is 1. The van der Waals surface area contributed by atoms with Crippen molar-refractivity contribution in [2.75, 3.05) is 30.4 Å². The molecule has 1 fully saturated rings. The standard InChI is InChI=1S/C22H19N3O4S2/c1-3-24-21(28)19(31-22(24)30)18-15-6-4-5-7-16(15)25(20(18)27)12-17(26)23-13-8-10-14(29-2)11-9-13/h4-11H,3,12H2,1-2H3,(H,23,26). The average Bonchev–Trinajstić information content (AvgIpc) is 3.20. The Kier molecular flexibility index (Phi) is 5.79. The van der Waals surface area contributed by atoms with E-state index in [1.807, 2.05) is 6.92 Å². The fraction of sp³-hybridized carbons (Fsp3) is 0.182. The van der Waals surface area contributed by atoms with Crippen molar-refractivity contribution in [1.29, 1.82) is 0 Å². The van der Waals surface area contributed by atoms with Crippen LogP contribution in [0.5, 0.6) is 5.75 Å². The van der Waals surface area contributed by atoms with E-state index in [0.29, 0.717) is 44.0 Å². The Balaban J connectivity index is 1.62. The minimum Gasteiger partial charge on any atom is -0.497 e. The largest absolute Gasteiger partial charge is 0.497 e. The first-order valence-electron chi connectivity index (χ1n) is 9.57. The highest BCUT2D eigenvalue weighted by Gasteiger charge is 2.41. The summed E-state index contributed by atoms with van der Waals surface area (Å²) in [6, 6.07) is 14.0. The maximum atomic E-state index is 13.3. The van der Waals surface area contributed by atoms with E-state index in [-0.39, 0.29) is 24.3 Å². The number of nitrogens with zero attached hydrogens (tertiary/aromatic N) is 2. The summed E-state index contributed by atoms with van der Waals surface area (Å²) in [7, 11) is 1.57. The molecule has 2 heterocycles. The van der Waals surface area contributed by atoms with E-state index in [2.05, 4.69) is 5.32 Å². The Labute approximate surface area is 189 Å². The van der Waals surface area contributed by atoms with Crippen LogP contribution in [0.25, 0.3) is 5.57 Å². The normalized spacial score (nSPS) is 17.9. The zero-order chi connectivity index (χ0) is 22.1. The molecule has 0 atom stereocenters. The molecular weight excluding hydrogens is 434 g/mol. The van der Waals surface area contributed by atoms with Crippen molar-refractivity contribution in [3.05, 3.63) is 59.0 Å². The van der Waals surface area contributed by atoms with Gasteiger partial charge in [0.25, 0.3) is 11.8 Å². The summed E-state index contributed by atoms with van der Waals surface area (Å²) < 4.78 is 5.54. The molecule has 0 spiro atoms. The molecule has 2 aromatic carbocycles. The van der Waals surface area contributed by atoms with Crippen LogP contribution >= 0.6 is 24.0 Å². The average molecular weight is 454 g/mol. The summed E-state index contributed by atoms with van der Waals surface area (Å²) in [5.41, 5.74) is 2.10. The van der Waals surface area contributed by atoms with Gasteiger partial charge in [-0.2, -0.15) is 0 Å². The minimum absolute atomic E-state index is 0.181. The third-order valence-electron chi connectivity index (χ3n) is 4.99. The van der Waals surface area contributed by atoms with E-state index < -0.39 is 0 Å². The van der Waals surface area contributed by atoms with Gasteiger partial charge in [0.05, 0.1) is 23.3 Å². The number of methoxy groups -OCH3 is 1. The number of benzene rings is 2. The van der Waals surface area contributed by atoms with Crippen LogP contribution < -0.4 is 15.0 Å². The molecule has 1 N–H and O–H groups in total. The number of likely N-dealkylation sites (N-methyl/N-ethyl adjacent to an activating group) is 1. The van der Waals surface area contributed by atoms with Crippen molar-refractivity contribution < 1.29 is 19.1 Å². The number of thioether (sulfide) groups is 1. The van der Waals surface area contributed by atoms with Gasteiger partial charge in [-0.05, 0) is 37.3 Å². The fourth-order valence-electron chi connectivity index (χ4n) is 3.50. The number of anilines is 2. The molecule has 31 heavy (non-hydrogen) atoms. The van der Waals surface area contributed by atoms with Crippen LogP contribution in [0.4, 0.5) is 11.4 Å². The smallest absolute Gasteiger partial charge is 0.266 e. The van der Waals surface area contributed by atoms with E-state index in [4.69, 9.17) is 17.0 Å². The van der Waals surface area contributed by atoms with Crippen molar-refractivity contribution in [3.8, 4) is 5.75 Å². The lowest BCUT2D eigenvalue weighted by atomic mass is 10.1. The van der Waals surface area contributed by atoms with E-state index in [9.17, 15) is 14.4 Å². The summed E-state index contributed by atoms with van der Waals surface area (Å²) in [5.74, 6) is -0.339. The lowest BCUT2D eigenvalue weighted by Crippen LogP contribution is -2.35. The predicted molar refractivity (Wildman–Crippen MR) is 125 cm³/mol. The van der Waals surface area contributed by atoms with Crippen molar-refractivity contribution >= 4 is 63.0 Å². The molecule has 0 radical (unpaired) electrons. The highest BCUT2D eigenvalue weighted by molar-refractivity contribution is 8.26. The predicted octanol–water partition coefficient (Wildman–Crippen LogP) is 3.27. The molecule has 0 aliphatic carbocycles. The lowest BCUT2D eigenvalue weighted by molar-refractivity contribution is -0.122. The van der Waals surface area contributed by atoms with Crippen molar-refractivity contribution in [2.45, 2.75) is 6.92 Å². The molecule has 2 aliphatic heterocycles. The molecule has 0 saturated carbocycles. The Morgan fingerprint density at radius 1 is 1.06 bits per heavy atom. The molecule has 1 saturated heterocycles. The Hall–Kier alpha value is -3.17. The SMILES string of the molecule is CCN1C(=O)C(=C2C(=O)N(CC(=O)Nc3ccc(OC)cc3)c3ccccc32)SC1=S. The highest BCUT2D eigenvalue weighted by Crippen LogP contribution is 2.44. The molecule has 0 aromatic heterocycles. The molecule has 158 valence electrons. The van der Waals surface area contributed by atoms with E-state index >= 15 is 0 Å². The molecule has 4 rings (SSSR count). The Morgan fingerprint density at radius 3 is 2.42 bits per heavy atom. The monoisotopic (exact) mass is 453 g/mol. The zero-order valence-electron chi connectivity index (χ0n) is 16.9. The van der Waals surface area contributed by atoms with Crippen LogP contribution in [0, 0.1) is 0 Å². The minimum atomic E-state index is -0.386. The Morgan fingerprint density at radius 2 is 1.77 bits per heavy atom. The van der Waals surface area contributed by atoms with Gasteiger partial charge < -0.3 is 10.1 Å². The summed E-state index contributed by atoms with van der Waals surface area (Å²) in [5, 5.41) is 2.78. The van der Waals surface area contributed by atoms with Crippen molar-refractivity contribution in [1.82, 2.24) is 4.90 Å². The number of rotatable bonds is 5. The quantitative estimate of drug-likeness (QED) is 0.553. The molecule has 0 bridgehead atoms. The van der Waals surface area contributed by atoms with Crippen LogP contribution in [0.15, 0.2) is 53.4 Å². The zero-order valence-corrected chi connectivity index (χ0v) is 18.5. The molecule has 9 heteroatoms. The third-order valence-corrected chi connectivity index (χ3v) is 6.44. The van der Waals surface area contributed by atoms with Gasteiger partial charge in [0.15, 0.2) is 0 Å². The number of thiocarbonyl (C=S) groups is 1. The summed E-state index contributed by atoms with van der Waals surface area (Å²) in [6.45, 7) is 2.09. The number of ether oxygens (including phenoxy) is 1. The number of fused-ring (bicyclic) bond motifs is 1. The van der Waals surface area contributed by atoms with Crippen LogP contribution in [0.1, 0.15) is 12.5 Å². The molecule has 2 aromatic rings. The summed E-state index contributed by atoms with van der Waals surface area (Å²) in [6.07, 6.45) is 0. The van der Waals surface area contributed by atoms with Gasteiger partial charge in [-0.1, -0.05) is 42.2 Å². The molecular formula is C22H19N3O4S2. The summed E-state index contributed by atoms with van der Waals surface area (Å²) in [4.78, 5) is 42.0. The molecule has 0 unspecified atom stereocenters. The van der Waals surface area contributed by atoms with Gasteiger partial charge in [-0.3, -0.25) is 24.2 Å². The third kappa shape index (κ3) is 3.82. The molecule has 7 nitrogen and oxygen atoms in total. The lowest BCUT2D eigenvalue weighted by Gasteiger charge is -2.17. The first-order chi connectivity index (χ1) is 14.9. The van der Waals surface area contributed by atoms with Gasteiger partial charge >= 0.3 is 0 Å². The topological polar surface area (TPSA) is 79.0 Å². The second-order valence-corrected chi connectivity index (χ2v) is 8.45. The number of amides is 3. The number of carbonyl (C=O) groups is 3.